The summed E-state index contributed by atoms with van der Waals surface area (Å²) < 4.78 is 0. The van der Waals surface area contributed by atoms with Crippen LogP contribution in [0.2, 0.25) is 0 Å². The first kappa shape index (κ1) is 14.7. The van der Waals surface area contributed by atoms with Crippen molar-refractivity contribution in [1.82, 2.24) is 10.6 Å². The molecule has 2 fully saturated rings. The van der Waals surface area contributed by atoms with Crippen molar-refractivity contribution < 1.29 is 4.79 Å². The van der Waals surface area contributed by atoms with Crippen LogP contribution in [0.5, 0.6) is 0 Å². The molecule has 23 heavy (non-hydrogen) atoms. The summed E-state index contributed by atoms with van der Waals surface area (Å²) in [4.78, 5) is 12.6. The normalized spacial score (nSPS) is 30.1. The van der Waals surface area contributed by atoms with Crippen molar-refractivity contribution in [1.29, 1.82) is 0 Å². The summed E-state index contributed by atoms with van der Waals surface area (Å²) in [5.74, 6) is 0.770. The minimum atomic E-state index is 0.148. The Hall–Kier alpha value is -1.87. The van der Waals surface area contributed by atoms with E-state index in [-0.39, 0.29) is 17.9 Å². The third-order valence-electron chi connectivity index (χ3n) is 5.44. The minimum Gasteiger partial charge on any atom is -0.352 e. The summed E-state index contributed by atoms with van der Waals surface area (Å²) in [5, 5.41) is 9.29. The van der Waals surface area contributed by atoms with Gasteiger partial charge in [0.2, 0.25) is 5.91 Å². The molecule has 1 amide bonds. The fourth-order valence-corrected chi connectivity index (χ4v) is 3.93. The van der Waals surface area contributed by atoms with Gasteiger partial charge in [0, 0.05) is 18.0 Å². The number of fused-ring (bicyclic) bond motifs is 1. The zero-order chi connectivity index (χ0) is 15.8. The highest BCUT2D eigenvalue weighted by Crippen LogP contribution is 2.49. The van der Waals surface area contributed by atoms with Gasteiger partial charge in [0.15, 0.2) is 0 Å². The van der Waals surface area contributed by atoms with Gasteiger partial charge in [-0.15, -0.1) is 0 Å². The largest absolute Gasteiger partial charge is 0.352 e. The first-order valence-electron chi connectivity index (χ1n) is 8.75. The van der Waals surface area contributed by atoms with Crippen LogP contribution in [0.15, 0.2) is 42.5 Å². The Morgan fingerprint density at radius 3 is 2.87 bits per heavy atom. The van der Waals surface area contributed by atoms with Gasteiger partial charge < -0.3 is 10.6 Å². The van der Waals surface area contributed by atoms with E-state index in [0.717, 1.165) is 25.8 Å². The lowest BCUT2D eigenvalue weighted by molar-refractivity contribution is -0.123. The van der Waals surface area contributed by atoms with Gasteiger partial charge in [0.25, 0.3) is 0 Å². The third kappa shape index (κ3) is 2.86. The van der Waals surface area contributed by atoms with Crippen LogP contribution in [0, 0.1) is 5.92 Å². The van der Waals surface area contributed by atoms with Crippen LogP contribution >= 0.6 is 0 Å². The molecule has 4 atom stereocenters. The minimum absolute atomic E-state index is 0.148. The van der Waals surface area contributed by atoms with Gasteiger partial charge in [-0.2, -0.15) is 0 Å². The Morgan fingerprint density at radius 1 is 1.17 bits per heavy atom. The summed E-state index contributed by atoms with van der Waals surface area (Å²) >= 11 is 0. The predicted molar refractivity (Wildman–Crippen MR) is 93.4 cm³/mol. The van der Waals surface area contributed by atoms with Gasteiger partial charge in [-0.1, -0.05) is 42.5 Å². The van der Waals surface area contributed by atoms with Gasteiger partial charge in [-0.3, -0.25) is 4.79 Å². The van der Waals surface area contributed by atoms with Crippen LogP contribution in [-0.2, 0) is 4.79 Å². The summed E-state index contributed by atoms with van der Waals surface area (Å²) in [6.45, 7) is 3.23. The third-order valence-corrected chi connectivity index (χ3v) is 5.44. The molecule has 0 radical (unpaired) electrons. The highest BCUT2D eigenvalue weighted by atomic mass is 16.2. The Bertz CT molecular complexity index is 721. The van der Waals surface area contributed by atoms with E-state index in [1.165, 1.54) is 16.3 Å². The smallest absolute Gasteiger partial charge is 0.224 e. The summed E-state index contributed by atoms with van der Waals surface area (Å²) in [5.41, 5.74) is 1.33. The van der Waals surface area contributed by atoms with E-state index < -0.39 is 0 Å². The quantitative estimate of drug-likeness (QED) is 0.914. The molecule has 3 heteroatoms. The Kier molecular flexibility index (Phi) is 3.82. The second kappa shape index (κ2) is 5.97. The van der Waals surface area contributed by atoms with E-state index in [4.69, 9.17) is 0 Å². The molecular weight excluding hydrogens is 284 g/mol. The molecule has 2 aliphatic rings. The van der Waals surface area contributed by atoms with Crippen molar-refractivity contribution in [2.75, 3.05) is 6.54 Å². The van der Waals surface area contributed by atoms with E-state index in [1.807, 2.05) is 0 Å². The lowest BCUT2D eigenvalue weighted by Gasteiger charge is -2.30. The number of hydrogen-bond donors (Lipinski definition) is 2. The molecule has 0 aromatic heterocycles. The molecule has 120 valence electrons. The van der Waals surface area contributed by atoms with E-state index in [0.29, 0.717) is 12.0 Å². The maximum absolute atomic E-state index is 12.6. The van der Waals surface area contributed by atoms with Gasteiger partial charge in [0.1, 0.15) is 0 Å². The van der Waals surface area contributed by atoms with Crippen LogP contribution in [0.25, 0.3) is 10.8 Å². The molecule has 1 heterocycles. The highest BCUT2D eigenvalue weighted by Gasteiger charge is 2.45. The topological polar surface area (TPSA) is 41.1 Å². The van der Waals surface area contributed by atoms with Crippen molar-refractivity contribution in [2.24, 2.45) is 5.92 Å². The maximum atomic E-state index is 12.6. The molecule has 1 saturated heterocycles. The lowest BCUT2D eigenvalue weighted by atomic mass is 9.98. The molecule has 1 aliphatic heterocycles. The van der Waals surface area contributed by atoms with Gasteiger partial charge in [0.05, 0.1) is 0 Å². The molecule has 1 aliphatic carbocycles. The van der Waals surface area contributed by atoms with E-state index in [9.17, 15) is 4.79 Å². The zero-order valence-corrected chi connectivity index (χ0v) is 13.6. The number of carbonyl (C=O) groups is 1. The van der Waals surface area contributed by atoms with Crippen molar-refractivity contribution in [3.05, 3.63) is 48.0 Å². The molecule has 0 bridgehead atoms. The molecule has 2 aromatic rings. The van der Waals surface area contributed by atoms with Crippen LogP contribution in [0.4, 0.5) is 0 Å². The molecule has 2 aromatic carbocycles. The number of carbonyl (C=O) groups excluding carboxylic acids is 1. The fourth-order valence-electron chi connectivity index (χ4n) is 3.93. The van der Waals surface area contributed by atoms with Gasteiger partial charge >= 0.3 is 0 Å². The number of piperidine rings is 1. The predicted octanol–water partition coefficient (Wildman–Crippen LogP) is 3.20. The Morgan fingerprint density at radius 2 is 2.00 bits per heavy atom. The first-order valence-corrected chi connectivity index (χ1v) is 8.75. The van der Waals surface area contributed by atoms with Gasteiger partial charge in [-0.25, -0.2) is 0 Å². The van der Waals surface area contributed by atoms with Gasteiger partial charge in [-0.05, 0) is 55.0 Å². The standard InChI is InChI=1S/C20H24N2O/c1-13-19(10-5-11-21-13)22-20(23)18-12-17(18)16-9-4-7-14-6-2-3-8-15(14)16/h2-4,6-9,13,17-19,21H,5,10-12H2,1H3,(H,22,23). The van der Waals surface area contributed by atoms with Crippen LogP contribution < -0.4 is 10.6 Å². The molecule has 0 spiro atoms. The van der Waals surface area contributed by atoms with Crippen LogP contribution in [0.3, 0.4) is 0 Å². The molecule has 4 unspecified atom stereocenters. The van der Waals surface area contributed by atoms with Crippen LogP contribution in [0.1, 0.15) is 37.7 Å². The average Bonchev–Trinajstić information content (AvgIpc) is 3.37. The van der Waals surface area contributed by atoms with Crippen molar-refractivity contribution in [2.45, 2.75) is 44.2 Å². The van der Waals surface area contributed by atoms with Crippen molar-refractivity contribution >= 4 is 16.7 Å². The summed E-state index contributed by atoms with van der Waals surface area (Å²) in [7, 11) is 0. The second-order valence-corrected chi connectivity index (χ2v) is 7.02. The zero-order valence-electron chi connectivity index (χ0n) is 13.6. The number of nitrogens with one attached hydrogen (secondary N) is 2. The van der Waals surface area contributed by atoms with E-state index in [2.05, 4.69) is 60.0 Å². The van der Waals surface area contributed by atoms with Crippen molar-refractivity contribution in [3.63, 3.8) is 0 Å². The second-order valence-electron chi connectivity index (χ2n) is 7.02. The Balaban J connectivity index is 1.47. The number of rotatable bonds is 3. The number of hydrogen-bond acceptors (Lipinski definition) is 2. The molecule has 3 nitrogen and oxygen atoms in total. The molecule has 1 saturated carbocycles. The van der Waals surface area contributed by atoms with Crippen molar-refractivity contribution in [3.8, 4) is 0 Å². The SMILES string of the molecule is CC1NCCCC1NC(=O)C1CC1c1cccc2ccccc12. The average molecular weight is 308 g/mol. The fraction of sp³-hybridized carbons (Fsp3) is 0.450. The molecule has 2 N–H and O–H groups in total. The Labute approximate surface area is 137 Å². The number of amides is 1. The summed E-state index contributed by atoms with van der Waals surface area (Å²) in [6.07, 6.45) is 3.21. The number of benzene rings is 2. The van der Waals surface area contributed by atoms with E-state index in [1.54, 1.807) is 0 Å². The van der Waals surface area contributed by atoms with Crippen LogP contribution in [-0.4, -0.2) is 24.5 Å². The monoisotopic (exact) mass is 308 g/mol. The maximum Gasteiger partial charge on any atom is 0.224 e. The van der Waals surface area contributed by atoms with E-state index >= 15 is 0 Å². The summed E-state index contributed by atoms with van der Waals surface area (Å²) in [6, 6.07) is 15.6. The highest BCUT2D eigenvalue weighted by molar-refractivity contribution is 5.89. The first-order chi connectivity index (χ1) is 11.2. The lowest BCUT2D eigenvalue weighted by Crippen LogP contribution is -2.52. The molecule has 4 rings (SSSR count). The molecular formula is C20H24N2O.